The fraction of sp³-hybridized carbons (Fsp3) is 0.615. The van der Waals surface area contributed by atoms with Gasteiger partial charge < -0.3 is 4.74 Å². The van der Waals surface area contributed by atoms with Gasteiger partial charge in [-0.05, 0) is 48.9 Å². The second-order valence-electron chi connectivity index (χ2n) is 11.3. The fourth-order valence-corrected chi connectivity index (χ4v) is 8.20. The van der Waals surface area contributed by atoms with Crippen molar-refractivity contribution in [3.63, 3.8) is 0 Å². The topological polar surface area (TPSA) is 41.5 Å². The molecule has 5 aliphatic rings. The number of aromatic nitrogens is 2. The van der Waals surface area contributed by atoms with E-state index in [0.717, 1.165) is 25.9 Å². The first-order valence-corrected chi connectivity index (χ1v) is 11.9. The highest BCUT2D eigenvalue weighted by atomic mass is 16.5. The normalized spacial score (nSPS) is 41.2. The second-order valence-corrected chi connectivity index (χ2v) is 11.3. The van der Waals surface area contributed by atoms with Crippen molar-refractivity contribution in [1.82, 2.24) is 19.8 Å². The van der Waals surface area contributed by atoms with Crippen molar-refractivity contribution in [2.24, 2.45) is 16.2 Å². The third-order valence-electron chi connectivity index (χ3n) is 8.43. The molecular formula is C26H34N4O. The van der Waals surface area contributed by atoms with Gasteiger partial charge in [-0.3, -0.25) is 19.8 Å². The van der Waals surface area contributed by atoms with Crippen molar-refractivity contribution >= 4 is 0 Å². The molecular weight excluding hydrogens is 384 g/mol. The second kappa shape index (κ2) is 6.84. The van der Waals surface area contributed by atoms with Crippen LogP contribution in [0.4, 0.5) is 0 Å². The number of nitrogens with zero attached hydrogens (tertiary/aromatic N) is 4. The average Bonchev–Trinajstić information content (AvgIpc) is 2.74. The first-order valence-electron chi connectivity index (χ1n) is 11.9. The van der Waals surface area contributed by atoms with Crippen LogP contribution in [0.5, 0.6) is 0 Å². The maximum absolute atomic E-state index is 6.97. The molecule has 2 aromatic rings. The lowest BCUT2D eigenvalue weighted by molar-refractivity contribution is -0.424. The molecule has 1 saturated carbocycles. The third-order valence-corrected chi connectivity index (χ3v) is 8.43. The lowest BCUT2D eigenvalue weighted by atomic mass is 9.46. The van der Waals surface area contributed by atoms with Crippen LogP contribution < -0.4 is 0 Å². The van der Waals surface area contributed by atoms with Crippen LogP contribution in [0, 0.1) is 16.2 Å². The molecule has 5 nitrogen and oxygen atoms in total. The molecule has 4 saturated heterocycles. The molecule has 2 aromatic heterocycles. The van der Waals surface area contributed by atoms with Crippen LogP contribution in [0.2, 0.25) is 0 Å². The number of ether oxygens (including phenoxy) is 1. The maximum atomic E-state index is 6.97. The Bertz CT molecular complexity index is 873. The van der Waals surface area contributed by atoms with Crippen LogP contribution in [0.25, 0.3) is 0 Å². The Morgan fingerprint density at radius 3 is 1.71 bits per heavy atom. The largest absolute Gasteiger partial charge is 0.344 e. The third kappa shape index (κ3) is 3.00. The highest BCUT2D eigenvalue weighted by Gasteiger charge is 2.73. The highest BCUT2D eigenvalue weighted by molar-refractivity contribution is 5.19. The molecule has 1 aliphatic carbocycles. The smallest absolute Gasteiger partial charge is 0.119 e. The van der Waals surface area contributed by atoms with Crippen LogP contribution >= 0.6 is 0 Å². The molecule has 0 N–H and O–H groups in total. The minimum atomic E-state index is 0.221. The summed E-state index contributed by atoms with van der Waals surface area (Å²) in [6.45, 7) is 9.52. The highest BCUT2D eigenvalue weighted by Crippen LogP contribution is 2.70. The van der Waals surface area contributed by atoms with E-state index in [2.05, 4.69) is 64.8 Å². The summed E-state index contributed by atoms with van der Waals surface area (Å²) in [7, 11) is 0. The predicted octanol–water partition coefficient (Wildman–Crippen LogP) is 4.10. The zero-order valence-corrected chi connectivity index (χ0v) is 19.0. The van der Waals surface area contributed by atoms with Crippen LogP contribution in [0.15, 0.2) is 48.8 Å². The van der Waals surface area contributed by atoms with Gasteiger partial charge in [0.1, 0.15) is 12.5 Å². The SMILES string of the molecule is CC12C[C@@]3(C)C[C@@](C)(C1)[C@@H]1O[C@@H]3N(CCc3ccccn3)C2N1CCc1ccccn1. The monoisotopic (exact) mass is 418 g/mol. The zero-order valence-electron chi connectivity index (χ0n) is 19.0. The molecule has 5 heteroatoms. The number of hydrogen-bond donors (Lipinski definition) is 0. The van der Waals surface area contributed by atoms with Gasteiger partial charge in [-0.2, -0.15) is 0 Å². The number of rotatable bonds is 6. The minimum absolute atomic E-state index is 0.221. The van der Waals surface area contributed by atoms with Gasteiger partial charge in [-0.15, -0.1) is 0 Å². The molecule has 7 rings (SSSR count). The fourth-order valence-electron chi connectivity index (χ4n) is 8.20. The first kappa shape index (κ1) is 19.8. The van der Waals surface area contributed by atoms with Crippen molar-refractivity contribution in [2.45, 2.75) is 71.5 Å². The molecule has 0 radical (unpaired) electrons. The Morgan fingerprint density at radius 2 is 1.26 bits per heavy atom. The lowest BCUT2D eigenvalue weighted by Crippen LogP contribution is -2.84. The summed E-state index contributed by atoms with van der Waals surface area (Å²) in [5.74, 6) is 0. The maximum Gasteiger partial charge on any atom is 0.119 e. The molecule has 2 unspecified atom stereocenters. The molecule has 31 heavy (non-hydrogen) atoms. The van der Waals surface area contributed by atoms with Gasteiger partial charge in [0, 0.05) is 60.5 Å². The molecule has 0 amide bonds. The van der Waals surface area contributed by atoms with E-state index in [1.165, 1.54) is 30.7 Å². The molecule has 0 spiro atoms. The van der Waals surface area contributed by atoms with Gasteiger partial charge in [0.25, 0.3) is 0 Å². The number of piperidine rings is 2. The van der Waals surface area contributed by atoms with E-state index in [1.807, 2.05) is 24.5 Å². The minimum Gasteiger partial charge on any atom is -0.344 e. The van der Waals surface area contributed by atoms with Gasteiger partial charge >= 0.3 is 0 Å². The Labute approximate surface area is 185 Å². The van der Waals surface area contributed by atoms with Gasteiger partial charge in [0.05, 0.1) is 6.17 Å². The summed E-state index contributed by atoms with van der Waals surface area (Å²) in [5.41, 5.74) is 3.13. The van der Waals surface area contributed by atoms with Crippen LogP contribution in [0.1, 0.15) is 51.4 Å². The van der Waals surface area contributed by atoms with Crippen molar-refractivity contribution in [2.75, 3.05) is 13.1 Å². The molecule has 6 bridgehead atoms. The van der Waals surface area contributed by atoms with Crippen molar-refractivity contribution in [3.8, 4) is 0 Å². The summed E-state index contributed by atoms with van der Waals surface area (Å²) in [6.07, 6.45) is 10.4. The zero-order chi connectivity index (χ0) is 21.3. The van der Waals surface area contributed by atoms with Gasteiger partial charge in [-0.25, -0.2) is 0 Å². The molecule has 4 aliphatic heterocycles. The molecule has 6 atom stereocenters. The molecule has 6 heterocycles. The standard InChI is InChI=1S/C26H34N4O/c1-24-16-25(2)18-26(3,17-24)23-30(15-11-20-9-5-7-13-28-20)21(24)29(22(25)31-23)14-10-19-8-4-6-12-27-19/h4-9,12-13,21-23H,10-11,14-18H2,1-3H3/t21?,22-,23-,24?,25-,26+/m0/s1. The summed E-state index contributed by atoms with van der Waals surface area (Å²) >= 11 is 0. The molecule has 164 valence electrons. The summed E-state index contributed by atoms with van der Waals surface area (Å²) in [6, 6.07) is 12.5. The van der Waals surface area contributed by atoms with E-state index in [-0.39, 0.29) is 23.3 Å². The Kier molecular flexibility index (Phi) is 4.37. The average molecular weight is 419 g/mol. The van der Waals surface area contributed by atoms with Gasteiger partial charge in [0.2, 0.25) is 0 Å². The van der Waals surface area contributed by atoms with E-state index >= 15 is 0 Å². The van der Waals surface area contributed by atoms with E-state index in [1.54, 1.807) is 0 Å². The summed E-state index contributed by atoms with van der Waals surface area (Å²) in [5, 5.41) is 0. The molecule has 0 aromatic carbocycles. The lowest BCUT2D eigenvalue weighted by Gasteiger charge is -2.77. The Hall–Kier alpha value is -1.82. The van der Waals surface area contributed by atoms with Crippen LogP contribution in [-0.2, 0) is 17.6 Å². The number of hydrogen-bond acceptors (Lipinski definition) is 5. The van der Waals surface area contributed by atoms with Gasteiger partial charge in [0.15, 0.2) is 0 Å². The van der Waals surface area contributed by atoms with Crippen molar-refractivity contribution in [1.29, 1.82) is 0 Å². The molecule has 5 fully saturated rings. The summed E-state index contributed by atoms with van der Waals surface area (Å²) < 4.78 is 6.97. The first-order chi connectivity index (χ1) is 14.9. The van der Waals surface area contributed by atoms with Crippen molar-refractivity contribution < 1.29 is 4.74 Å². The Morgan fingerprint density at radius 1 is 0.774 bits per heavy atom. The van der Waals surface area contributed by atoms with Crippen LogP contribution in [-0.4, -0.2) is 51.5 Å². The number of pyridine rings is 2. The van der Waals surface area contributed by atoms with E-state index < -0.39 is 0 Å². The quantitative estimate of drug-likeness (QED) is 0.706. The van der Waals surface area contributed by atoms with E-state index in [0.29, 0.717) is 11.6 Å². The van der Waals surface area contributed by atoms with E-state index in [4.69, 9.17) is 4.74 Å². The Balaban J connectivity index is 1.32. The van der Waals surface area contributed by atoms with Crippen molar-refractivity contribution in [3.05, 3.63) is 60.2 Å². The van der Waals surface area contributed by atoms with Crippen LogP contribution in [0.3, 0.4) is 0 Å². The van der Waals surface area contributed by atoms with E-state index in [9.17, 15) is 0 Å². The summed E-state index contributed by atoms with van der Waals surface area (Å²) in [4.78, 5) is 14.6. The predicted molar refractivity (Wildman–Crippen MR) is 120 cm³/mol. The van der Waals surface area contributed by atoms with Gasteiger partial charge in [-0.1, -0.05) is 32.9 Å².